The van der Waals surface area contributed by atoms with Gasteiger partial charge >= 0.3 is 0 Å². The Kier molecular flexibility index (Phi) is 33.0. The molecule has 0 spiro atoms. The number of hydrogen-bond donors (Lipinski definition) is 6. The van der Waals surface area contributed by atoms with E-state index in [-0.39, 0.29) is 0 Å². The van der Waals surface area contributed by atoms with Crippen LogP contribution in [-0.4, -0.2) is 59.5 Å². The molecule has 0 radical (unpaired) electrons. The van der Waals surface area contributed by atoms with Gasteiger partial charge in [0.15, 0.2) is 0 Å². The van der Waals surface area contributed by atoms with Crippen molar-refractivity contribution in [3.63, 3.8) is 0 Å². The van der Waals surface area contributed by atoms with Gasteiger partial charge in [0, 0.05) is 30.5 Å². The fourth-order valence-electron chi connectivity index (χ4n) is 2.22. The molecule has 0 saturated heterocycles. The highest BCUT2D eigenvalue weighted by Gasteiger charge is 2.16. The van der Waals surface area contributed by atoms with Crippen molar-refractivity contribution in [2.75, 3.05) is 47.8 Å². The molecule has 0 unspecified atom stereocenters. The summed E-state index contributed by atoms with van der Waals surface area (Å²) in [6, 6.07) is 0. The summed E-state index contributed by atoms with van der Waals surface area (Å²) in [5, 5.41) is 5.22. The minimum Gasteiger partial charge on any atom is -0.168 e. The van der Waals surface area contributed by atoms with Crippen LogP contribution in [0.5, 0.6) is 0 Å². The lowest BCUT2D eigenvalue weighted by molar-refractivity contribution is 0.489. The SMILES string of the molecule is SCSC(SCS)SCCC(CCSC(SCS)SCS)CCSC(SCS)SCS. The largest absolute Gasteiger partial charge is 0.168 e. The van der Waals surface area contributed by atoms with Gasteiger partial charge in [-0.2, -0.15) is 75.8 Å². The van der Waals surface area contributed by atoms with Crippen LogP contribution in [0.25, 0.3) is 0 Å². The molecule has 0 fully saturated rings. The number of thioether (sulfide) groups is 9. The van der Waals surface area contributed by atoms with Crippen LogP contribution in [0.1, 0.15) is 19.3 Å². The van der Waals surface area contributed by atoms with E-state index in [1.54, 1.807) is 0 Å². The van der Waals surface area contributed by atoms with Crippen LogP contribution in [0.2, 0.25) is 0 Å². The quantitative estimate of drug-likeness (QED) is 0.0425. The molecular weight excluding hydrogens is 673 g/mol. The third kappa shape index (κ3) is 22.9. The zero-order valence-corrected chi connectivity index (χ0v) is 29.9. The van der Waals surface area contributed by atoms with Gasteiger partial charge in [-0.3, -0.25) is 0 Å². The highest BCUT2D eigenvalue weighted by molar-refractivity contribution is 8.36. The summed E-state index contributed by atoms with van der Waals surface area (Å²) in [5.41, 5.74) is 0. The normalized spacial score (nSPS) is 12.2. The fraction of sp³-hybridized carbons (Fsp3) is 1.00. The number of hydrogen-bond acceptors (Lipinski definition) is 15. The van der Waals surface area contributed by atoms with Crippen molar-refractivity contribution in [3.05, 3.63) is 0 Å². The molecule has 188 valence electrons. The third-order valence-electron chi connectivity index (χ3n) is 3.60. The predicted molar refractivity (Wildman–Crippen MR) is 195 cm³/mol. The van der Waals surface area contributed by atoms with E-state index >= 15 is 0 Å². The Labute approximate surface area is 262 Å². The van der Waals surface area contributed by atoms with E-state index in [9.17, 15) is 0 Å². The average molecular weight is 707 g/mol. The van der Waals surface area contributed by atoms with Gasteiger partial charge in [-0.1, -0.05) is 0 Å². The first-order chi connectivity index (χ1) is 15.1. The summed E-state index contributed by atoms with van der Waals surface area (Å²) >= 11 is 44.0. The van der Waals surface area contributed by atoms with E-state index in [4.69, 9.17) is 0 Å². The van der Waals surface area contributed by atoms with Gasteiger partial charge in [-0.25, -0.2) is 0 Å². The van der Waals surface area contributed by atoms with Gasteiger partial charge in [0.05, 0.1) is 11.7 Å². The van der Waals surface area contributed by atoms with Gasteiger partial charge in [0.2, 0.25) is 0 Å². The molecule has 0 nitrogen and oxygen atoms in total. The molecular formula is C16H34S15. The van der Waals surface area contributed by atoms with Crippen LogP contribution in [0.3, 0.4) is 0 Å². The van der Waals surface area contributed by atoms with Crippen LogP contribution < -0.4 is 0 Å². The molecule has 0 heterocycles. The van der Waals surface area contributed by atoms with E-state index in [0.29, 0.717) is 11.7 Å². The van der Waals surface area contributed by atoms with Crippen molar-refractivity contribution >= 4 is 182 Å². The van der Waals surface area contributed by atoms with Crippen molar-refractivity contribution in [2.24, 2.45) is 5.92 Å². The van der Waals surface area contributed by atoms with Gasteiger partial charge in [0.1, 0.15) is 0 Å². The second kappa shape index (κ2) is 28.3. The average Bonchev–Trinajstić information content (AvgIpc) is 2.74. The second-order valence-corrected chi connectivity index (χ2v) is 22.8. The summed E-state index contributed by atoms with van der Waals surface area (Å²) in [6.07, 6.45) is 3.87. The lowest BCUT2D eigenvalue weighted by atomic mass is 10.0. The van der Waals surface area contributed by atoms with E-state index in [0.717, 1.165) is 36.4 Å². The highest BCUT2D eigenvalue weighted by Crippen LogP contribution is 2.39. The summed E-state index contributed by atoms with van der Waals surface area (Å²) in [4.78, 5) is 0. The Balaban J connectivity index is 4.56. The maximum Gasteiger partial charge on any atom is 0.0972 e. The van der Waals surface area contributed by atoms with Crippen molar-refractivity contribution in [1.29, 1.82) is 0 Å². The monoisotopic (exact) mass is 706 g/mol. The van der Waals surface area contributed by atoms with Crippen LogP contribution in [0, 0.1) is 5.92 Å². The van der Waals surface area contributed by atoms with Gasteiger partial charge in [-0.15, -0.1) is 106 Å². The van der Waals surface area contributed by atoms with E-state index in [1.165, 1.54) is 36.5 Å². The van der Waals surface area contributed by atoms with Crippen molar-refractivity contribution in [3.8, 4) is 0 Å². The summed E-state index contributed by atoms with van der Waals surface area (Å²) in [7, 11) is 0. The van der Waals surface area contributed by atoms with E-state index < -0.39 is 0 Å². The molecule has 15 heteroatoms. The topological polar surface area (TPSA) is 0 Å². The van der Waals surface area contributed by atoms with Gasteiger partial charge in [-0.05, 0) is 42.4 Å². The van der Waals surface area contributed by atoms with E-state index in [1.807, 2.05) is 70.6 Å². The Morgan fingerprint density at radius 2 is 0.581 bits per heavy atom. The molecule has 0 aliphatic carbocycles. The molecule has 0 aromatic rings. The van der Waals surface area contributed by atoms with Gasteiger partial charge in [0.25, 0.3) is 0 Å². The molecule has 0 rings (SSSR count). The summed E-state index contributed by atoms with van der Waals surface area (Å²) in [5.74, 6) is 4.42. The highest BCUT2D eigenvalue weighted by atomic mass is 32.3. The molecule has 0 aliphatic rings. The number of rotatable bonds is 24. The lowest BCUT2D eigenvalue weighted by Crippen LogP contribution is -2.08. The fourth-order valence-corrected chi connectivity index (χ4v) is 18.9. The van der Waals surface area contributed by atoms with E-state index in [2.05, 4.69) is 111 Å². The zero-order valence-electron chi connectivity index (χ0n) is 17.2. The summed E-state index contributed by atoms with van der Waals surface area (Å²) < 4.78 is 1.64. The Morgan fingerprint density at radius 3 is 0.774 bits per heavy atom. The Bertz CT molecular complexity index is 294. The molecule has 0 bridgehead atoms. The third-order valence-corrected chi connectivity index (χ3v) is 18.4. The van der Waals surface area contributed by atoms with Crippen LogP contribution in [0.4, 0.5) is 0 Å². The molecule has 0 amide bonds. The Morgan fingerprint density at radius 1 is 0.355 bits per heavy atom. The Hall–Kier alpha value is 5.25. The van der Waals surface area contributed by atoms with Gasteiger partial charge < -0.3 is 0 Å². The summed E-state index contributed by atoms with van der Waals surface area (Å²) in [6.45, 7) is 0. The van der Waals surface area contributed by atoms with Crippen molar-refractivity contribution in [1.82, 2.24) is 0 Å². The maximum atomic E-state index is 4.39. The maximum absolute atomic E-state index is 4.39. The minimum atomic E-state index is 0.547. The molecule has 0 aliphatic heterocycles. The predicted octanol–water partition coefficient (Wildman–Crippen LogP) is 9.55. The smallest absolute Gasteiger partial charge is 0.0972 e. The van der Waals surface area contributed by atoms with Crippen LogP contribution >= 0.6 is 182 Å². The first kappa shape index (κ1) is 36.2. The molecule has 0 N–H and O–H groups in total. The van der Waals surface area contributed by atoms with Crippen molar-refractivity contribution in [2.45, 2.75) is 31.0 Å². The van der Waals surface area contributed by atoms with Crippen LogP contribution in [0.15, 0.2) is 0 Å². The van der Waals surface area contributed by atoms with Crippen molar-refractivity contribution < 1.29 is 0 Å². The minimum absolute atomic E-state index is 0.547. The molecule has 31 heavy (non-hydrogen) atoms. The first-order valence-electron chi connectivity index (χ1n) is 9.34. The number of thiol groups is 6. The lowest BCUT2D eigenvalue weighted by Gasteiger charge is -2.21. The zero-order chi connectivity index (χ0) is 23.2. The molecule has 0 saturated carbocycles. The first-order valence-corrected chi connectivity index (χ1v) is 22.6. The standard InChI is InChI=1S/C16H34S15/c17-7-26-14(27-8-18)23-4-1-13(2-5-24-15(28-9-19)29-10-20)3-6-25-16(30-11-21)31-12-22/h13-22H,1-12H2. The van der Waals surface area contributed by atoms with Crippen LogP contribution in [-0.2, 0) is 0 Å². The molecule has 0 aromatic carbocycles. The molecule has 0 aromatic heterocycles. The second-order valence-electron chi connectivity index (χ2n) is 5.49. The molecule has 0 atom stereocenters.